The lowest BCUT2D eigenvalue weighted by Gasteiger charge is -2.32. The van der Waals surface area contributed by atoms with Crippen molar-refractivity contribution in [1.82, 2.24) is 0 Å². The Morgan fingerprint density at radius 1 is 0.750 bits per heavy atom. The van der Waals surface area contributed by atoms with Gasteiger partial charge in [-0.2, -0.15) is 0 Å². The minimum absolute atomic E-state index is 0.725. The fourth-order valence-corrected chi connectivity index (χ4v) is 4.32. The first-order valence-corrected chi connectivity index (χ1v) is 8.81. The molecule has 0 bridgehead atoms. The van der Waals surface area contributed by atoms with Crippen LogP contribution in [-0.4, -0.2) is 0 Å². The summed E-state index contributed by atoms with van der Waals surface area (Å²) in [6.45, 7) is 0.725. The number of benzene rings is 3. The first-order valence-electron chi connectivity index (χ1n) is 7.99. The Balaban J connectivity index is 1.62. The molecule has 116 valence electrons. The van der Waals surface area contributed by atoms with E-state index in [2.05, 4.69) is 65.6 Å². The quantitative estimate of drug-likeness (QED) is 0.433. The monoisotopic (exact) mass is 329 g/mol. The van der Waals surface area contributed by atoms with E-state index < -0.39 is 0 Å². The average molecular weight is 329 g/mol. The summed E-state index contributed by atoms with van der Waals surface area (Å²) < 4.78 is 6.05. The van der Waals surface area contributed by atoms with E-state index in [1.807, 2.05) is 30.0 Å². The summed E-state index contributed by atoms with van der Waals surface area (Å²) in [6, 6.07) is 27.4. The molecular formula is C21H15NOS. The smallest absolute Gasteiger partial charge is 0.134 e. The number of hydrogen-bond acceptors (Lipinski definition) is 3. The van der Waals surface area contributed by atoms with E-state index in [4.69, 9.17) is 4.42 Å². The van der Waals surface area contributed by atoms with E-state index in [-0.39, 0.29) is 0 Å². The van der Waals surface area contributed by atoms with Gasteiger partial charge in [0.15, 0.2) is 0 Å². The maximum Gasteiger partial charge on any atom is 0.134 e. The lowest BCUT2D eigenvalue weighted by atomic mass is 10.2. The molecule has 5 rings (SSSR count). The van der Waals surface area contributed by atoms with Gasteiger partial charge in [0, 0.05) is 15.2 Å². The highest BCUT2D eigenvalue weighted by molar-refractivity contribution is 7.99. The minimum Gasteiger partial charge on any atom is -0.459 e. The van der Waals surface area contributed by atoms with Crippen LogP contribution in [0.5, 0.6) is 0 Å². The molecule has 0 spiro atoms. The van der Waals surface area contributed by atoms with E-state index in [1.165, 1.54) is 21.2 Å². The number of fused-ring (bicyclic) bond motifs is 3. The summed E-state index contributed by atoms with van der Waals surface area (Å²) in [5, 5.41) is 1.15. The van der Waals surface area contributed by atoms with Crippen LogP contribution in [-0.2, 0) is 6.54 Å². The summed E-state index contributed by atoms with van der Waals surface area (Å²) in [6.07, 6.45) is 0. The van der Waals surface area contributed by atoms with Crippen molar-refractivity contribution in [3.63, 3.8) is 0 Å². The standard InChI is InChI=1S/C21H15NOS/c1-4-10-19-15(7-1)13-16(23-19)14-22-17-8-2-5-11-20(17)24-21-12-6-3-9-18(21)22/h1-13H,14H2. The van der Waals surface area contributed by atoms with Gasteiger partial charge in [-0.3, -0.25) is 0 Å². The molecule has 2 nitrogen and oxygen atoms in total. The maximum atomic E-state index is 6.05. The second-order valence-electron chi connectivity index (χ2n) is 5.87. The topological polar surface area (TPSA) is 16.4 Å². The fourth-order valence-electron chi connectivity index (χ4n) is 3.22. The highest BCUT2D eigenvalue weighted by Crippen LogP contribution is 2.48. The Morgan fingerprint density at radius 3 is 2.08 bits per heavy atom. The molecule has 0 fully saturated rings. The van der Waals surface area contributed by atoms with E-state index in [1.54, 1.807) is 0 Å². The molecule has 0 saturated carbocycles. The van der Waals surface area contributed by atoms with Crippen LogP contribution in [0.2, 0.25) is 0 Å². The molecule has 0 radical (unpaired) electrons. The van der Waals surface area contributed by atoms with Crippen LogP contribution in [0.4, 0.5) is 11.4 Å². The summed E-state index contributed by atoms with van der Waals surface area (Å²) in [5.74, 6) is 0.979. The molecule has 3 aromatic carbocycles. The molecule has 0 saturated heterocycles. The molecular weight excluding hydrogens is 314 g/mol. The molecule has 2 heterocycles. The molecule has 1 aliphatic heterocycles. The number of furan rings is 1. The number of rotatable bonds is 2. The highest BCUT2D eigenvalue weighted by atomic mass is 32.2. The third-order valence-electron chi connectivity index (χ3n) is 4.32. The molecule has 24 heavy (non-hydrogen) atoms. The number of anilines is 2. The largest absolute Gasteiger partial charge is 0.459 e. The van der Waals surface area contributed by atoms with Crippen molar-refractivity contribution < 1.29 is 4.42 Å². The van der Waals surface area contributed by atoms with Gasteiger partial charge in [0.05, 0.1) is 17.9 Å². The molecule has 4 aromatic rings. The zero-order chi connectivity index (χ0) is 15.9. The van der Waals surface area contributed by atoms with Gasteiger partial charge in [-0.05, 0) is 36.4 Å². The van der Waals surface area contributed by atoms with Crippen molar-refractivity contribution >= 4 is 34.1 Å². The van der Waals surface area contributed by atoms with Gasteiger partial charge in [-0.25, -0.2) is 0 Å². The number of nitrogens with zero attached hydrogens (tertiary/aromatic N) is 1. The zero-order valence-electron chi connectivity index (χ0n) is 13.0. The molecule has 0 amide bonds. The Hall–Kier alpha value is -2.65. The first kappa shape index (κ1) is 13.8. The zero-order valence-corrected chi connectivity index (χ0v) is 13.8. The van der Waals surface area contributed by atoms with Crippen LogP contribution in [0.25, 0.3) is 11.0 Å². The van der Waals surface area contributed by atoms with Gasteiger partial charge >= 0.3 is 0 Å². The summed E-state index contributed by atoms with van der Waals surface area (Å²) >= 11 is 1.83. The molecule has 0 unspecified atom stereocenters. The second kappa shape index (κ2) is 5.46. The molecule has 0 atom stereocenters. The van der Waals surface area contributed by atoms with Gasteiger partial charge in [0.25, 0.3) is 0 Å². The van der Waals surface area contributed by atoms with Crippen LogP contribution in [0.1, 0.15) is 5.76 Å². The van der Waals surface area contributed by atoms with E-state index >= 15 is 0 Å². The Kier molecular flexibility index (Phi) is 3.13. The first-order chi connectivity index (χ1) is 11.9. The van der Waals surface area contributed by atoms with Crippen LogP contribution in [0.3, 0.4) is 0 Å². The lowest BCUT2D eigenvalue weighted by Crippen LogP contribution is -2.19. The van der Waals surface area contributed by atoms with Gasteiger partial charge < -0.3 is 9.32 Å². The number of hydrogen-bond donors (Lipinski definition) is 0. The SMILES string of the molecule is c1ccc2c(c1)Sc1ccccc1N2Cc1cc2ccccc2o1. The van der Waals surface area contributed by atoms with Crippen LogP contribution >= 0.6 is 11.8 Å². The predicted octanol–water partition coefficient (Wildman–Crippen LogP) is 6.24. The summed E-state index contributed by atoms with van der Waals surface area (Å²) in [5.41, 5.74) is 3.42. The van der Waals surface area contributed by atoms with Crippen LogP contribution < -0.4 is 4.90 Å². The van der Waals surface area contributed by atoms with Crippen molar-refractivity contribution in [2.45, 2.75) is 16.3 Å². The van der Waals surface area contributed by atoms with E-state index in [0.717, 1.165) is 23.3 Å². The fraction of sp³-hybridized carbons (Fsp3) is 0.0476. The molecule has 0 N–H and O–H groups in total. The molecule has 0 aliphatic carbocycles. The van der Waals surface area contributed by atoms with Crippen molar-refractivity contribution in [2.75, 3.05) is 4.90 Å². The normalized spacial score (nSPS) is 12.9. The van der Waals surface area contributed by atoms with Crippen LogP contribution in [0.15, 0.2) is 93.1 Å². The molecule has 1 aromatic heterocycles. The van der Waals surface area contributed by atoms with Gasteiger partial charge in [0.2, 0.25) is 0 Å². The molecule has 1 aliphatic rings. The van der Waals surface area contributed by atoms with Crippen LogP contribution in [0, 0.1) is 0 Å². The maximum absolute atomic E-state index is 6.05. The van der Waals surface area contributed by atoms with Crippen molar-refractivity contribution in [2.24, 2.45) is 0 Å². The Bertz CT molecular complexity index is 958. The van der Waals surface area contributed by atoms with Gasteiger partial charge in [-0.15, -0.1) is 0 Å². The summed E-state index contributed by atoms with van der Waals surface area (Å²) in [7, 11) is 0. The Labute approximate surface area is 144 Å². The lowest BCUT2D eigenvalue weighted by molar-refractivity contribution is 0.548. The average Bonchev–Trinajstić information content (AvgIpc) is 3.04. The second-order valence-corrected chi connectivity index (χ2v) is 6.96. The number of para-hydroxylation sites is 3. The van der Waals surface area contributed by atoms with E-state index in [0.29, 0.717) is 0 Å². The highest BCUT2D eigenvalue weighted by Gasteiger charge is 2.23. The predicted molar refractivity (Wildman–Crippen MR) is 99.1 cm³/mol. The third kappa shape index (κ3) is 2.21. The third-order valence-corrected chi connectivity index (χ3v) is 5.45. The van der Waals surface area contributed by atoms with E-state index in [9.17, 15) is 0 Å². The minimum atomic E-state index is 0.725. The van der Waals surface area contributed by atoms with Crippen molar-refractivity contribution in [1.29, 1.82) is 0 Å². The molecule has 3 heteroatoms. The van der Waals surface area contributed by atoms with Crippen molar-refractivity contribution in [3.05, 3.63) is 84.6 Å². The Morgan fingerprint density at radius 2 is 1.38 bits per heavy atom. The van der Waals surface area contributed by atoms with Crippen molar-refractivity contribution in [3.8, 4) is 0 Å². The van der Waals surface area contributed by atoms with Gasteiger partial charge in [0.1, 0.15) is 11.3 Å². The van der Waals surface area contributed by atoms with Gasteiger partial charge in [-0.1, -0.05) is 54.2 Å². The summed E-state index contributed by atoms with van der Waals surface area (Å²) in [4.78, 5) is 4.92.